The Morgan fingerprint density at radius 3 is 2.53 bits per heavy atom. The first-order valence-corrected chi connectivity index (χ1v) is 6.18. The first-order chi connectivity index (χ1) is 8.10. The van der Waals surface area contributed by atoms with Crippen LogP contribution in [-0.2, 0) is 14.3 Å². The van der Waals surface area contributed by atoms with Crippen LogP contribution in [0.5, 0.6) is 0 Å². The van der Waals surface area contributed by atoms with Crippen molar-refractivity contribution in [1.82, 2.24) is 5.32 Å². The molecule has 1 amide bonds. The number of hydrogen-bond donors (Lipinski definition) is 2. The summed E-state index contributed by atoms with van der Waals surface area (Å²) in [5, 5.41) is 11.2. The van der Waals surface area contributed by atoms with E-state index < -0.39 is 5.97 Å². The van der Waals surface area contributed by atoms with E-state index in [2.05, 4.69) is 5.32 Å². The minimum atomic E-state index is -0.989. The van der Waals surface area contributed by atoms with Crippen molar-refractivity contribution in [2.45, 2.75) is 39.0 Å². The van der Waals surface area contributed by atoms with E-state index >= 15 is 0 Å². The van der Waals surface area contributed by atoms with Crippen LogP contribution in [0, 0.1) is 5.41 Å². The third kappa shape index (κ3) is 4.00. The minimum absolute atomic E-state index is 0.0939. The van der Waals surface area contributed by atoms with E-state index in [0.29, 0.717) is 6.54 Å². The van der Waals surface area contributed by atoms with Crippen molar-refractivity contribution in [2.24, 2.45) is 5.41 Å². The fraction of sp³-hybridized carbons (Fsp3) is 0.833. The molecule has 5 nitrogen and oxygen atoms in total. The van der Waals surface area contributed by atoms with E-state index in [1.807, 2.05) is 6.92 Å². The summed E-state index contributed by atoms with van der Waals surface area (Å²) in [5.41, 5.74) is -0.188. The normalized spacial score (nSPS) is 17.9. The highest BCUT2D eigenvalue weighted by Crippen LogP contribution is 2.40. The predicted octanol–water partition coefficient (Wildman–Crippen LogP) is 1.17. The van der Waals surface area contributed by atoms with E-state index in [9.17, 15) is 9.59 Å². The lowest BCUT2D eigenvalue weighted by molar-refractivity contribution is -0.142. The molecule has 0 heterocycles. The van der Waals surface area contributed by atoms with Gasteiger partial charge >= 0.3 is 5.97 Å². The molecule has 0 atom stereocenters. The Balaban J connectivity index is 2.22. The molecule has 0 unspecified atom stereocenters. The molecule has 0 saturated heterocycles. The Hall–Kier alpha value is -1.10. The van der Waals surface area contributed by atoms with Crippen molar-refractivity contribution < 1.29 is 19.4 Å². The average molecular weight is 243 g/mol. The Labute approximate surface area is 102 Å². The molecule has 1 rings (SSSR count). The van der Waals surface area contributed by atoms with Crippen molar-refractivity contribution in [3.8, 4) is 0 Å². The summed E-state index contributed by atoms with van der Waals surface area (Å²) in [6, 6.07) is 0. The van der Waals surface area contributed by atoms with Crippen LogP contribution in [0.15, 0.2) is 0 Å². The molecule has 0 aromatic carbocycles. The Morgan fingerprint density at radius 1 is 1.35 bits per heavy atom. The van der Waals surface area contributed by atoms with Gasteiger partial charge in [-0.1, -0.05) is 19.8 Å². The van der Waals surface area contributed by atoms with Crippen LogP contribution in [0.1, 0.15) is 39.0 Å². The molecule has 0 aliphatic heterocycles. The monoisotopic (exact) mass is 243 g/mol. The number of carbonyl (C=O) groups excluding carboxylic acids is 1. The van der Waals surface area contributed by atoms with Crippen LogP contribution in [0.2, 0.25) is 0 Å². The van der Waals surface area contributed by atoms with Gasteiger partial charge in [0.25, 0.3) is 0 Å². The number of carboxylic acid groups (broad SMARTS) is 1. The van der Waals surface area contributed by atoms with Crippen LogP contribution in [0.4, 0.5) is 0 Å². The molecule has 98 valence electrons. The van der Waals surface area contributed by atoms with Gasteiger partial charge in [-0.2, -0.15) is 0 Å². The van der Waals surface area contributed by atoms with Crippen molar-refractivity contribution in [3.63, 3.8) is 0 Å². The third-order valence-corrected chi connectivity index (χ3v) is 3.48. The molecule has 17 heavy (non-hydrogen) atoms. The molecule has 1 saturated carbocycles. The molecule has 0 radical (unpaired) electrons. The van der Waals surface area contributed by atoms with Gasteiger partial charge in [-0.05, 0) is 19.3 Å². The summed E-state index contributed by atoms with van der Waals surface area (Å²) in [6.07, 6.45) is 5.04. The highest BCUT2D eigenvalue weighted by atomic mass is 16.5. The lowest BCUT2D eigenvalue weighted by Crippen LogP contribution is -2.40. The molecular formula is C12H21NO4. The maximum Gasteiger partial charge on any atom is 0.329 e. The molecule has 1 aliphatic rings. The predicted molar refractivity (Wildman–Crippen MR) is 62.7 cm³/mol. The number of carbonyl (C=O) groups is 2. The number of carboxylic acids is 1. The van der Waals surface area contributed by atoms with E-state index in [-0.39, 0.29) is 24.5 Å². The topological polar surface area (TPSA) is 75.6 Å². The quantitative estimate of drug-likeness (QED) is 0.658. The van der Waals surface area contributed by atoms with Crippen molar-refractivity contribution >= 4 is 11.9 Å². The molecular weight excluding hydrogens is 222 g/mol. The van der Waals surface area contributed by atoms with E-state index in [1.165, 1.54) is 0 Å². The van der Waals surface area contributed by atoms with Crippen LogP contribution >= 0.6 is 0 Å². The fourth-order valence-corrected chi connectivity index (χ4v) is 2.38. The maximum absolute atomic E-state index is 12.0. The van der Waals surface area contributed by atoms with Gasteiger partial charge in [-0.3, -0.25) is 4.79 Å². The van der Waals surface area contributed by atoms with Crippen LogP contribution in [0.25, 0.3) is 0 Å². The van der Waals surface area contributed by atoms with E-state index in [1.54, 1.807) is 0 Å². The molecule has 0 bridgehead atoms. The number of amides is 1. The van der Waals surface area contributed by atoms with Crippen molar-refractivity contribution in [1.29, 1.82) is 0 Å². The van der Waals surface area contributed by atoms with Crippen LogP contribution in [0.3, 0.4) is 0 Å². The second-order valence-corrected chi connectivity index (χ2v) is 4.54. The summed E-state index contributed by atoms with van der Waals surface area (Å²) in [6.45, 7) is 2.37. The molecule has 0 aromatic rings. The zero-order chi connectivity index (χ0) is 12.7. The van der Waals surface area contributed by atoms with Crippen LogP contribution < -0.4 is 5.32 Å². The molecule has 1 fully saturated rings. The SMILES string of the molecule is CCC1(C(=O)NCCOCC(=O)O)CCCC1. The van der Waals surface area contributed by atoms with Gasteiger partial charge in [0, 0.05) is 12.0 Å². The minimum Gasteiger partial charge on any atom is -0.480 e. The largest absolute Gasteiger partial charge is 0.480 e. The highest BCUT2D eigenvalue weighted by Gasteiger charge is 2.38. The van der Waals surface area contributed by atoms with Gasteiger partial charge in [0.2, 0.25) is 5.91 Å². The summed E-state index contributed by atoms with van der Waals surface area (Å²) < 4.78 is 4.86. The van der Waals surface area contributed by atoms with Gasteiger partial charge in [0.1, 0.15) is 6.61 Å². The number of hydrogen-bond acceptors (Lipinski definition) is 3. The average Bonchev–Trinajstić information content (AvgIpc) is 2.77. The smallest absolute Gasteiger partial charge is 0.329 e. The number of ether oxygens (including phenoxy) is 1. The lowest BCUT2D eigenvalue weighted by Gasteiger charge is -2.25. The van der Waals surface area contributed by atoms with Crippen molar-refractivity contribution in [3.05, 3.63) is 0 Å². The number of rotatable bonds is 7. The maximum atomic E-state index is 12.0. The van der Waals surface area contributed by atoms with Crippen LogP contribution in [-0.4, -0.2) is 36.7 Å². The molecule has 5 heteroatoms. The first kappa shape index (κ1) is 14.0. The summed E-state index contributed by atoms with van der Waals surface area (Å²) >= 11 is 0. The fourth-order valence-electron chi connectivity index (χ4n) is 2.38. The zero-order valence-corrected chi connectivity index (χ0v) is 10.3. The lowest BCUT2D eigenvalue weighted by atomic mass is 9.82. The standard InChI is InChI=1S/C12H21NO4/c1-2-12(5-3-4-6-12)11(16)13-7-8-17-9-10(14)15/h2-9H2,1H3,(H,13,16)(H,14,15). The summed E-state index contributed by atoms with van der Waals surface area (Å²) in [7, 11) is 0. The Bertz CT molecular complexity index is 272. The third-order valence-electron chi connectivity index (χ3n) is 3.48. The molecule has 2 N–H and O–H groups in total. The Kier molecular flexibility index (Phi) is 5.41. The second kappa shape index (κ2) is 6.59. The van der Waals surface area contributed by atoms with Gasteiger partial charge in [0.15, 0.2) is 0 Å². The molecule has 0 aromatic heterocycles. The van der Waals surface area contributed by atoms with Gasteiger partial charge < -0.3 is 15.2 Å². The zero-order valence-electron chi connectivity index (χ0n) is 10.3. The summed E-state index contributed by atoms with van der Waals surface area (Å²) in [4.78, 5) is 22.2. The Morgan fingerprint density at radius 2 is 2.00 bits per heavy atom. The van der Waals surface area contributed by atoms with Gasteiger partial charge in [-0.15, -0.1) is 0 Å². The number of nitrogens with one attached hydrogen (secondary N) is 1. The highest BCUT2D eigenvalue weighted by molar-refractivity contribution is 5.82. The van der Waals surface area contributed by atoms with Gasteiger partial charge in [-0.25, -0.2) is 4.79 Å². The molecule has 1 aliphatic carbocycles. The first-order valence-electron chi connectivity index (χ1n) is 6.18. The summed E-state index contributed by atoms with van der Waals surface area (Å²) in [5.74, 6) is -0.895. The molecule has 0 spiro atoms. The van der Waals surface area contributed by atoms with Gasteiger partial charge in [0.05, 0.1) is 6.61 Å². The van der Waals surface area contributed by atoms with Crippen molar-refractivity contribution in [2.75, 3.05) is 19.8 Å². The second-order valence-electron chi connectivity index (χ2n) is 4.54. The van der Waals surface area contributed by atoms with E-state index in [4.69, 9.17) is 9.84 Å². The van der Waals surface area contributed by atoms with E-state index in [0.717, 1.165) is 32.1 Å². The number of aliphatic carboxylic acids is 1.